The normalized spacial score (nSPS) is 27.5. The Morgan fingerprint density at radius 3 is 1.90 bits per heavy atom. The first-order chi connectivity index (χ1) is 9.61. The minimum Gasteiger partial charge on any atom is -0.316 e. The third kappa shape index (κ3) is 6.13. The Hall–Kier alpha value is -0.0900. The Labute approximate surface area is 125 Å². The Kier molecular flexibility index (Phi) is 8.78. The molecule has 1 aliphatic rings. The van der Waals surface area contributed by atoms with Crippen LogP contribution in [0.3, 0.4) is 0 Å². The maximum absolute atomic E-state index is 12.5. The maximum Gasteiger partial charge on any atom is 0.154 e. The zero-order valence-electron chi connectivity index (χ0n) is 13.4. The van der Waals surface area contributed by atoms with Crippen molar-refractivity contribution in [3.05, 3.63) is 0 Å². The van der Waals surface area contributed by atoms with Crippen LogP contribution in [0.15, 0.2) is 0 Å². The summed E-state index contributed by atoms with van der Waals surface area (Å²) in [5.74, 6) is 0.343. The fourth-order valence-electron chi connectivity index (χ4n) is 3.35. The lowest BCUT2D eigenvalue weighted by molar-refractivity contribution is 0.419. The summed E-state index contributed by atoms with van der Waals surface area (Å²) in [6.07, 6.45) is 12.5. The highest BCUT2D eigenvalue weighted by molar-refractivity contribution is 7.92. The summed E-state index contributed by atoms with van der Waals surface area (Å²) in [5.41, 5.74) is 0. The molecule has 20 heavy (non-hydrogen) atoms. The van der Waals surface area contributed by atoms with E-state index in [0.717, 1.165) is 32.1 Å². The quantitative estimate of drug-likeness (QED) is 0.861. The minimum atomic E-state index is -2.95. The van der Waals surface area contributed by atoms with Gasteiger partial charge in [-0.2, -0.15) is 0 Å². The van der Waals surface area contributed by atoms with E-state index in [-0.39, 0.29) is 11.3 Å². The van der Waals surface area contributed by atoms with E-state index in [0.29, 0.717) is 5.75 Å². The number of hydrogen-bond donors (Lipinski definition) is 1. The number of sulfone groups is 1. The van der Waals surface area contributed by atoms with Crippen molar-refractivity contribution in [3.63, 3.8) is 0 Å². The van der Waals surface area contributed by atoms with Crippen LogP contribution in [0.2, 0.25) is 0 Å². The van der Waals surface area contributed by atoms with Gasteiger partial charge in [-0.15, -0.1) is 0 Å². The van der Waals surface area contributed by atoms with Crippen molar-refractivity contribution < 1.29 is 8.42 Å². The second-order valence-corrected chi connectivity index (χ2v) is 8.55. The number of hydrogen-bond acceptors (Lipinski definition) is 3. The van der Waals surface area contributed by atoms with Crippen LogP contribution >= 0.6 is 0 Å². The van der Waals surface area contributed by atoms with Gasteiger partial charge >= 0.3 is 0 Å². The van der Waals surface area contributed by atoms with Crippen LogP contribution in [0.5, 0.6) is 0 Å². The van der Waals surface area contributed by atoms with Crippen LogP contribution in [-0.4, -0.2) is 32.5 Å². The average Bonchev–Trinajstić information content (AvgIpc) is 2.39. The topological polar surface area (TPSA) is 46.2 Å². The Bertz CT molecular complexity index is 340. The molecule has 0 aromatic heterocycles. The third-order valence-electron chi connectivity index (χ3n) is 4.52. The highest BCUT2D eigenvalue weighted by Crippen LogP contribution is 2.22. The van der Waals surface area contributed by atoms with Gasteiger partial charge in [0.2, 0.25) is 0 Å². The van der Waals surface area contributed by atoms with Gasteiger partial charge in [-0.25, -0.2) is 8.42 Å². The molecule has 1 saturated carbocycles. The first-order valence-corrected chi connectivity index (χ1v) is 10.2. The van der Waals surface area contributed by atoms with Crippen LogP contribution < -0.4 is 5.32 Å². The molecule has 3 nitrogen and oxygen atoms in total. The molecule has 1 N–H and O–H groups in total. The highest BCUT2D eigenvalue weighted by Gasteiger charge is 2.31. The number of nitrogens with one attached hydrogen (secondary N) is 1. The van der Waals surface area contributed by atoms with Gasteiger partial charge in [0.25, 0.3) is 0 Å². The fraction of sp³-hybridized carbons (Fsp3) is 1.00. The smallest absolute Gasteiger partial charge is 0.154 e. The molecule has 4 heteroatoms. The van der Waals surface area contributed by atoms with Gasteiger partial charge in [-0.3, -0.25) is 0 Å². The van der Waals surface area contributed by atoms with E-state index in [2.05, 4.69) is 5.32 Å². The maximum atomic E-state index is 12.5. The highest BCUT2D eigenvalue weighted by atomic mass is 32.2. The van der Waals surface area contributed by atoms with Crippen molar-refractivity contribution in [1.29, 1.82) is 0 Å². The molecule has 0 aliphatic heterocycles. The van der Waals surface area contributed by atoms with Crippen molar-refractivity contribution in [2.24, 2.45) is 0 Å². The lowest BCUT2D eigenvalue weighted by Gasteiger charge is -2.27. The van der Waals surface area contributed by atoms with Crippen LogP contribution in [0.4, 0.5) is 0 Å². The molecule has 0 bridgehead atoms. The summed E-state index contributed by atoms with van der Waals surface area (Å²) in [6, 6.07) is 0.144. The van der Waals surface area contributed by atoms with Gasteiger partial charge in [-0.1, -0.05) is 58.3 Å². The second-order valence-electron chi connectivity index (χ2n) is 6.21. The summed E-state index contributed by atoms with van der Waals surface area (Å²) < 4.78 is 25.1. The van der Waals surface area contributed by atoms with Crippen molar-refractivity contribution in [3.8, 4) is 0 Å². The Morgan fingerprint density at radius 2 is 1.40 bits per heavy atom. The lowest BCUT2D eigenvalue weighted by atomic mass is 9.97. The molecule has 0 aromatic rings. The largest absolute Gasteiger partial charge is 0.316 e. The van der Waals surface area contributed by atoms with Gasteiger partial charge in [0, 0.05) is 6.04 Å². The average molecular weight is 304 g/mol. The van der Waals surface area contributed by atoms with E-state index in [9.17, 15) is 8.42 Å². The minimum absolute atomic E-state index is 0.144. The fourth-order valence-corrected chi connectivity index (χ4v) is 5.52. The zero-order chi connectivity index (χ0) is 14.8. The standard InChI is InChI=1S/C16H33NO2S/c1-3-14-20(18,19)16-13-11-9-7-5-4-6-8-10-12-15(16)17-2/h15-17H,3-14H2,1-2H3. The molecule has 0 aromatic carbocycles. The summed E-state index contributed by atoms with van der Waals surface area (Å²) in [5, 5.41) is 3.12. The Balaban J connectivity index is 2.74. The molecule has 0 saturated heterocycles. The molecule has 0 heterocycles. The van der Waals surface area contributed by atoms with Gasteiger partial charge in [-0.05, 0) is 26.3 Å². The van der Waals surface area contributed by atoms with Crippen LogP contribution in [0, 0.1) is 0 Å². The van der Waals surface area contributed by atoms with Crippen molar-refractivity contribution in [1.82, 2.24) is 5.32 Å². The zero-order valence-corrected chi connectivity index (χ0v) is 14.2. The lowest BCUT2D eigenvalue weighted by Crippen LogP contribution is -2.43. The summed E-state index contributed by atoms with van der Waals surface area (Å²) in [6.45, 7) is 1.96. The van der Waals surface area contributed by atoms with E-state index in [1.54, 1.807) is 0 Å². The van der Waals surface area contributed by atoms with E-state index in [4.69, 9.17) is 0 Å². The molecule has 1 fully saturated rings. The van der Waals surface area contributed by atoms with Crippen molar-refractivity contribution in [2.75, 3.05) is 12.8 Å². The Morgan fingerprint density at radius 1 is 0.900 bits per heavy atom. The first-order valence-electron chi connectivity index (χ1n) is 8.50. The summed E-state index contributed by atoms with van der Waals surface area (Å²) in [4.78, 5) is 0. The predicted octanol–water partition coefficient (Wildman–Crippen LogP) is 3.68. The molecular formula is C16H33NO2S. The van der Waals surface area contributed by atoms with Gasteiger partial charge < -0.3 is 5.32 Å². The SMILES string of the molecule is CCCS(=O)(=O)C1CCCCCCCCCCC1NC. The molecule has 120 valence electrons. The number of rotatable bonds is 4. The second kappa shape index (κ2) is 9.78. The molecule has 2 unspecified atom stereocenters. The third-order valence-corrected chi connectivity index (χ3v) is 6.99. The van der Waals surface area contributed by atoms with Crippen LogP contribution in [0.25, 0.3) is 0 Å². The van der Waals surface area contributed by atoms with Crippen LogP contribution in [-0.2, 0) is 9.84 Å². The summed E-state index contributed by atoms with van der Waals surface area (Å²) in [7, 11) is -1.02. The summed E-state index contributed by atoms with van der Waals surface area (Å²) >= 11 is 0. The monoisotopic (exact) mass is 303 g/mol. The van der Waals surface area contributed by atoms with Crippen molar-refractivity contribution in [2.45, 2.75) is 88.8 Å². The van der Waals surface area contributed by atoms with E-state index >= 15 is 0 Å². The van der Waals surface area contributed by atoms with Gasteiger partial charge in [0.05, 0.1) is 11.0 Å². The molecule has 1 aliphatic carbocycles. The molecule has 0 spiro atoms. The molecule has 0 radical (unpaired) electrons. The van der Waals surface area contributed by atoms with Crippen LogP contribution in [0.1, 0.15) is 77.6 Å². The first kappa shape index (κ1) is 18.0. The van der Waals surface area contributed by atoms with E-state index < -0.39 is 9.84 Å². The van der Waals surface area contributed by atoms with E-state index in [1.807, 2.05) is 14.0 Å². The molecular weight excluding hydrogens is 270 g/mol. The van der Waals surface area contributed by atoms with Gasteiger partial charge in [0.1, 0.15) is 0 Å². The van der Waals surface area contributed by atoms with Gasteiger partial charge in [0.15, 0.2) is 9.84 Å². The van der Waals surface area contributed by atoms with Crippen molar-refractivity contribution >= 4 is 9.84 Å². The molecule has 0 amide bonds. The van der Waals surface area contributed by atoms with E-state index in [1.165, 1.54) is 38.5 Å². The molecule has 2 atom stereocenters. The molecule has 1 rings (SSSR count). The predicted molar refractivity (Wildman–Crippen MR) is 86.9 cm³/mol.